The highest BCUT2D eigenvalue weighted by Gasteiger charge is 2.07. The maximum absolute atomic E-state index is 10.6. The fourth-order valence-corrected chi connectivity index (χ4v) is 2.87. The Morgan fingerprint density at radius 2 is 2.03 bits per heavy atom. The minimum atomic E-state index is 0.538. The van der Waals surface area contributed by atoms with Gasteiger partial charge in [0.1, 0.15) is 4.83 Å². The van der Waals surface area contributed by atoms with E-state index in [-0.39, 0.29) is 0 Å². The number of thiophene rings is 1. The van der Waals surface area contributed by atoms with Crippen LogP contribution in [0.15, 0.2) is 47.2 Å². The molecule has 0 spiro atoms. The Morgan fingerprint density at radius 3 is 2.48 bits per heavy atom. The van der Waals surface area contributed by atoms with Crippen molar-refractivity contribution in [2.75, 3.05) is 33.1 Å². The first-order valence-electron chi connectivity index (χ1n) is 9.13. The van der Waals surface area contributed by atoms with Crippen LogP contribution >= 0.6 is 11.3 Å². The van der Waals surface area contributed by atoms with Crippen LogP contribution in [0.5, 0.6) is 0 Å². The molecule has 2 aromatic heterocycles. The Bertz CT molecular complexity index is 875. The lowest BCUT2D eigenvalue weighted by atomic mass is 10.2. The summed E-state index contributed by atoms with van der Waals surface area (Å²) in [6, 6.07) is 5.81. The third-order valence-electron chi connectivity index (χ3n) is 3.74. The molecule has 0 N–H and O–H groups in total. The molecule has 0 radical (unpaired) electrons. The van der Waals surface area contributed by atoms with Crippen LogP contribution in [-0.4, -0.2) is 50.7 Å². The lowest BCUT2D eigenvalue weighted by molar-refractivity contribution is 0.112. The molecule has 0 unspecified atom stereocenters. The van der Waals surface area contributed by atoms with Crippen molar-refractivity contribution in [1.82, 2.24) is 9.88 Å². The Labute approximate surface area is 178 Å². The molecule has 0 saturated heterocycles. The highest BCUT2D eigenvalue weighted by molar-refractivity contribution is 7.20. The molecule has 2 heterocycles. The Balaban J connectivity index is 0.000000453. The van der Waals surface area contributed by atoms with Crippen LogP contribution in [0.4, 0.5) is 5.69 Å². The van der Waals surface area contributed by atoms with E-state index in [0.717, 1.165) is 27.1 Å². The number of pyridine rings is 1. The van der Waals surface area contributed by atoms with Crippen LogP contribution in [0.25, 0.3) is 10.2 Å². The molecule has 7 heteroatoms. The van der Waals surface area contributed by atoms with E-state index in [1.807, 2.05) is 88.1 Å². The van der Waals surface area contributed by atoms with Crippen LogP contribution in [0.3, 0.4) is 0 Å². The average molecular weight is 414 g/mol. The predicted molar refractivity (Wildman–Crippen MR) is 126 cm³/mol. The first kappa shape index (κ1) is 26.0. The molecule has 2 aromatic rings. The molecule has 2 rings (SSSR count). The van der Waals surface area contributed by atoms with Gasteiger partial charge in [-0.05, 0) is 32.9 Å². The van der Waals surface area contributed by atoms with Crippen LogP contribution in [0, 0.1) is 11.3 Å². The number of nitrogens with zero attached hydrogens (tertiary/aromatic N) is 5. The van der Waals surface area contributed by atoms with Gasteiger partial charge in [0.15, 0.2) is 6.29 Å². The first-order chi connectivity index (χ1) is 13.9. The Kier molecular flexibility index (Phi) is 13.5. The van der Waals surface area contributed by atoms with Crippen molar-refractivity contribution in [1.29, 1.82) is 5.26 Å². The van der Waals surface area contributed by atoms with Gasteiger partial charge < -0.3 is 9.80 Å². The lowest BCUT2D eigenvalue weighted by Crippen LogP contribution is -2.12. The van der Waals surface area contributed by atoms with Crippen molar-refractivity contribution >= 4 is 39.9 Å². The molecule has 0 aromatic carbocycles. The van der Waals surface area contributed by atoms with E-state index in [0.29, 0.717) is 6.42 Å². The number of hydrogen-bond acceptors (Lipinski definition) is 6. The summed E-state index contributed by atoms with van der Waals surface area (Å²) < 4.78 is 0. The first-order valence-corrected chi connectivity index (χ1v) is 9.94. The van der Waals surface area contributed by atoms with Crippen molar-refractivity contribution in [2.45, 2.75) is 27.2 Å². The molecule has 0 saturated carbocycles. The maximum Gasteiger partial charge on any atom is 0.160 e. The number of fused-ring (bicyclic) bond motifs is 1. The fraction of sp³-hybridized carbons (Fsp3) is 0.364. The summed E-state index contributed by atoms with van der Waals surface area (Å²) >= 11 is 1.42. The summed E-state index contributed by atoms with van der Waals surface area (Å²) in [6.07, 6.45) is 10.7. The van der Waals surface area contributed by atoms with Gasteiger partial charge in [0.05, 0.1) is 23.7 Å². The zero-order valence-corrected chi connectivity index (χ0v) is 19.2. The van der Waals surface area contributed by atoms with Gasteiger partial charge >= 0.3 is 0 Å². The van der Waals surface area contributed by atoms with Crippen molar-refractivity contribution in [3.05, 3.63) is 47.1 Å². The number of aliphatic imine (C=N–C) groups is 1. The van der Waals surface area contributed by atoms with E-state index in [1.54, 1.807) is 19.6 Å². The summed E-state index contributed by atoms with van der Waals surface area (Å²) in [7, 11) is 7.70. The molecule has 0 atom stereocenters. The molecule has 0 fully saturated rings. The normalized spacial score (nSPS) is 10.8. The van der Waals surface area contributed by atoms with Crippen LogP contribution in [0.2, 0.25) is 0 Å². The molecule has 0 aliphatic heterocycles. The summed E-state index contributed by atoms with van der Waals surface area (Å²) in [5.74, 6) is 0. The summed E-state index contributed by atoms with van der Waals surface area (Å²) in [5, 5.41) is 8.94. The zero-order valence-electron chi connectivity index (χ0n) is 18.4. The van der Waals surface area contributed by atoms with E-state index in [1.165, 1.54) is 17.0 Å². The number of anilines is 1. The van der Waals surface area contributed by atoms with E-state index >= 15 is 0 Å². The van der Waals surface area contributed by atoms with E-state index in [9.17, 15) is 4.79 Å². The third-order valence-corrected chi connectivity index (χ3v) is 4.71. The second-order valence-electron chi connectivity index (χ2n) is 6.06. The molecule has 0 aliphatic carbocycles. The van der Waals surface area contributed by atoms with Gasteiger partial charge in [0, 0.05) is 51.2 Å². The van der Waals surface area contributed by atoms with Crippen LogP contribution in [-0.2, 0) is 0 Å². The molecule has 156 valence electrons. The monoisotopic (exact) mass is 413 g/mol. The van der Waals surface area contributed by atoms with E-state index < -0.39 is 0 Å². The van der Waals surface area contributed by atoms with Gasteiger partial charge in [-0.15, -0.1) is 11.3 Å². The molecule has 29 heavy (non-hydrogen) atoms. The quantitative estimate of drug-likeness (QED) is 0.293. The standard InChI is InChI=1S/C10H10N2OS.C7H14N2.C5H7N/c1-12(2)9-3-4-11-10-8(9)5-7(6-13)14-10;1-5-7(2)9(4)6-8-3;1-2-3-4-5-6/h3-6H,1-2H3;5-6H,1-4H3;2-3H,4H2,1H3/b;7-5+,8-6?;3-2-. The van der Waals surface area contributed by atoms with Crippen molar-refractivity contribution < 1.29 is 4.79 Å². The minimum Gasteiger partial charge on any atom is -0.377 e. The Morgan fingerprint density at radius 1 is 1.34 bits per heavy atom. The van der Waals surface area contributed by atoms with Gasteiger partial charge in [-0.25, -0.2) is 4.98 Å². The van der Waals surface area contributed by atoms with E-state index in [2.05, 4.69) is 9.98 Å². The van der Waals surface area contributed by atoms with Crippen LogP contribution in [0.1, 0.15) is 36.9 Å². The summed E-state index contributed by atoms with van der Waals surface area (Å²) in [4.78, 5) is 24.3. The molecule has 6 nitrogen and oxygen atoms in total. The average Bonchev–Trinajstić information content (AvgIpc) is 3.16. The van der Waals surface area contributed by atoms with Crippen molar-refractivity contribution in [2.24, 2.45) is 4.99 Å². The lowest BCUT2D eigenvalue weighted by Gasteiger charge is -2.12. The summed E-state index contributed by atoms with van der Waals surface area (Å²) in [6.45, 7) is 5.95. The number of carbonyl (C=O) groups is 1. The second kappa shape index (κ2) is 15.0. The van der Waals surface area contributed by atoms with Crippen LogP contribution < -0.4 is 4.90 Å². The van der Waals surface area contributed by atoms with E-state index in [4.69, 9.17) is 5.26 Å². The fourth-order valence-electron chi connectivity index (χ4n) is 2.03. The predicted octanol–water partition coefficient (Wildman–Crippen LogP) is 5.15. The number of aldehydes is 1. The molecule has 0 aliphatic rings. The zero-order chi connectivity index (χ0) is 22.2. The number of aromatic nitrogens is 1. The highest BCUT2D eigenvalue weighted by Crippen LogP contribution is 2.29. The molecule has 0 bridgehead atoms. The number of allylic oxidation sites excluding steroid dienone is 4. The third kappa shape index (κ3) is 9.67. The number of nitriles is 1. The topological polar surface area (TPSA) is 72.6 Å². The van der Waals surface area contributed by atoms with Gasteiger partial charge in [0.2, 0.25) is 0 Å². The molecular weight excluding hydrogens is 382 g/mol. The number of rotatable bonds is 5. The molecule has 0 amide bonds. The maximum atomic E-state index is 10.6. The van der Waals surface area contributed by atoms with Gasteiger partial charge in [-0.1, -0.05) is 18.2 Å². The minimum absolute atomic E-state index is 0.538. The van der Waals surface area contributed by atoms with Gasteiger partial charge in [0.25, 0.3) is 0 Å². The van der Waals surface area contributed by atoms with Crippen molar-refractivity contribution in [3.63, 3.8) is 0 Å². The number of hydrogen-bond donors (Lipinski definition) is 0. The van der Waals surface area contributed by atoms with Gasteiger partial charge in [-0.3, -0.25) is 9.79 Å². The smallest absolute Gasteiger partial charge is 0.160 e. The Hall–Kier alpha value is -2.98. The number of carbonyl (C=O) groups excluding carboxylic acids is 1. The second-order valence-corrected chi connectivity index (χ2v) is 7.12. The van der Waals surface area contributed by atoms with Gasteiger partial charge in [-0.2, -0.15) is 5.26 Å². The summed E-state index contributed by atoms with van der Waals surface area (Å²) in [5.41, 5.74) is 2.31. The SMILES string of the molecule is C/C=C(\C)N(C)C=NC.C/C=C\CC#N.CN(C)c1ccnc2sc(C=O)cc12. The largest absolute Gasteiger partial charge is 0.377 e. The highest BCUT2D eigenvalue weighted by atomic mass is 32.1. The molecular formula is C22H31N5OS. The van der Waals surface area contributed by atoms with Crippen molar-refractivity contribution in [3.8, 4) is 6.07 Å².